The average Bonchev–Trinajstić information content (AvgIpc) is 3.39. The second-order valence-corrected chi connectivity index (χ2v) is 18.1. The average molecular weight is 1000 g/mol. The van der Waals surface area contributed by atoms with Crippen LogP contribution in [0.25, 0.3) is 0 Å². The van der Waals surface area contributed by atoms with Crippen molar-refractivity contribution in [2.75, 3.05) is 13.2 Å². The maximum absolute atomic E-state index is 12.8. The molecule has 6 nitrogen and oxygen atoms in total. The summed E-state index contributed by atoms with van der Waals surface area (Å²) in [6.45, 7) is 6.27. The lowest BCUT2D eigenvalue weighted by molar-refractivity contribution is -0.167. The highest BCUT2D eigenvalue weighted by molar-refractivity contribution is 5.71. The Morgan fingerprint density at radius 1 is 0.288 bits per heavy atom. The highest BCUT2D eigenvalue weighted by Crippen LogP contribution is 2.12. The number of hydrogen-bond donors (Lipinski definition) is 0. The van der Waals surface area contributed by atoms with Crippen molar-refractivity contribution < 1.29 is 28.6 Å². The first kappa shape index (κ1) is 67.8. The number of esters is 3. The van der Waals surface area contributed by atoms with Gasteiger partial charge in [-0.25, -0.2) is 0 Å². The standard InChI is InChI=1S/C67H102O6/c1-4-7-10-13-16-19-21-23-25-27-29-31-33-35-37-39-41-43-45-48-51-54-57-60-66(69)72-63-64(62-71-65(68)59-56-53-50-47-18-15-12-9-6-3)73-67(70)61-58-55-52-49-46-44-42-40-38-36-34-32-30-28-26-24-22-20-17-14-11-8-5-2/h7-8,10-11,16-17,19-20,23-26,29-32,35-38,41-44,48-49,51-52,64H,4-6,9,12-15,18,21-22,27-28,33-34,39-40,45-47,50,53-63H2,1-3H3/b10-7-,11-8-,19-16-,20-17-,25-23-,26-24-,31-29-,32-30-,37-35-,38-36-,43-41-,44-42-,51-48-,52-49-. The highest BCUT2D eigenvalue weighted by atomic mass is 16.6. The van der Waals surface area contributed by atoms with Crippen molar-refractivity contribution >= 4 is 17.9 Å². The van der Waals surface area contributed by atoms with Crippen LogP contribution in [0, 0.1) is 0 Å². The van der Waals surface area contributed by atoms with E-state index in [0.29, 0.717) is 19.3 Å². The van der Waals surface area contributed by atoms with E-state index in [1.54, 1.807) is 0 Å². The molecule has 0 spiro atoms. The van der Waals surface area contributed by atoms with E-state index in [2.05, 4.69) is 191 Å². The van der Waals surface area contributed by atoms with E-state index >= 15 is 0 Å². The van der Waals surface area contributed by atoms with Crippen molar-refractivity contribution in [3.63, 3.8) is 0 Å². The lowest BCUT2D eigenvalue weighted by atomic mass is 10.1. The quantitative estimate of drug-likeness (QED) is 0.0261. The van der Waals surface area contributed by atoms with Gasteiger partial charge in [0.1, 0.15) is 13.2 Å². The first-order chi connectivity index (χ1) is 36.0. The molecule has 0 aliphatic heterocycles. The minimum Gasteiger partial charge on any atom is -0.462 e. The Kier molecular flexibility index (Phi) is 55.1. The Morgan fingerprint density at radius 2 is 0.534 bits per heavy atom. The molecule has 1 atom stereocenters. The second kappa shape index (κ2) is 59.3. The molecule has 0 N–H and O–H groups in total. The summed E-state index contributed by atoms with van der Waals surface area (Å²) in [6.07, 6.45) is 87.9. The first-order valence-corrected chi connectivity index (χ1v) is 28.6. The lowest BCUT2D eigenvalue weighted by Crippen LogP contribution is -2.30. The minimum atomic E-state index is -0.839. The number of hydrogen-bond acceptors (Lipinski definition) is 6. The van der Waals surface area contributed by atoms with E-state index in [1.165, 1.54) is 38.5 Å². The van der Waals surface area contributed by atoms with Gasteiger partial charge in [-0.05, 0) is 122 Å². The van der Waals surface area contributed by atoms with Crippen LogP contribution in [0.2, 0.25) is 0 Å². The molecule has 0 aromatic heterocycles. The summed E-state index contributed by atoms with van der Waals surface area (Å²) < 4.78 is 16.7. The summed E-state index contributed by atoms with van der Waals surface area (Å²) in [7, 11) is 0. The Hall–Kier alpha value is -5.23. The summed E-state index contributed by atoms with van der Waals surface area (Å²) in [5.41, 5.74) is 0. The van der Waals surface area contributed by atoms with E-state index in [4.69, 9.17) is 14.2 Å². The van der Waals surface area contributed by atoms with Gasteiger partial charge in [-0.2, -0.15) is 0 Å². The third kappa shape index (κ3) is 57.5. The predicted molar refractivity (Wildman–Crippen MR) is 315 cm³/mol. The maximum atomic E-state index is 12.8. The maximum Gasteiger partial charge on any atom is 0.306 e. The number of rotatable bonds is 49. The summed E-state index contributed by atoms with van der Waals surface area (Å²) in [4.78, 5) is 38.0. The normalized spacial score (nSPS) is 13.4. The van der Waals surface area contributed by atoms with Gasteiger partial charge in [0.25, 0.3) is 0 Å². The Bertz CT molecular complexity index is 1720. The number of carbonyl (C=O) groups is 3. The second-order valence-electron chi connectivity index (χ2n) is 18.1. The molecule has 0 aliphatic carbocycles. The molecular weight excluding hydrogens is 901 g/mol. The largest absolute Gasteiger partial charge is 0.462 e. The van der Waals surface area contributed by atoms with E-state index < -0.39 is 12.1 Å². The summed E-state index contributed by atoms with van der Waals surface area (Å²) in [5, 5.41) is 0. The number of carbonyl (C=O) groups excluding carboxylic acids is 3. The molecule has 0 amide bonds. The number of ether oxygens (including phenoxy) is 3. The fraction of sp³-hybridized carbons (Fsp3) is 0.537. The highest BCUT2D eigenvalue weighted by Gasteiger charge is 2.19. The van der Waals surface area contributed by atoms with Crippen molar-refractivity contribution in [1.82, 2.24) is 0 Å². The van der Waals surface area contributed by atoms with E-state index in [-0.39, 0.29) is 38.0 Å². The predicted octanol–water partition coefficient (Wildman–Crippen LogP) is 19.5. The van der Waals surface area contributed by atoms with Crippen LogP contribution in [0.1, 0.15) is 213 Å². The Morgan fingerprint density at radius 3 is 0.836 bits per heavy atom. The van der Waals surface area contributed by atoms with E-state index in [9.17, 15) is 14.4 Å². The third-order valence-corrected chi connectivity index (χ3v) is 11.2. The van der Waals surface area contributed by atoms with Crippen molar-refractivity contribution in [1.29, 1.82) is 0 Å². The van der Waals surface area contributed by atoms with Gasteiger partial charge in [-0.3, -0.25) is 14.4 Å². The zero-order valence-electron chi connectivity index (χ0n) is 46.3. The SMILES string of the molecule is CC/C=C\C/C=C\C/C=C\C/C=C\C/C=C\C/C=C\C/C=C\CCCC(=O)OCC(COC(=O)CCCCCCCCCCC)OC(=O)CCC/C=C\C/C=C\C/C=C\C/C=C\C/C=C\C/C=C\C/C=C\CC. The van der Waals surface area contributed by atoms with Gasteiger partial charge in [0.05, 0.1) is 0 Å². The lowest BCUT2D eigenvalue weighted by Gasteiger charge is -2.18. The molecule has 0 saturated carbocycles. The van der Waals surface area contributed by atoms with Crippen LogP contribution in [-0.2, 0) is 28.6 Å². The molecule has 0 aliphatic rings. The Balaban J connectivity index is 4.53. The molecular formula is C67H102O6. The third-order valence-electron chi connectivity index (χ3n) is 11.2. The minimum absolute atomic E-state index is 0.127. The van der Waals surface area contributed by atoms with Crippen molar-refractivity contribution in [2.45, 2.75) is 219 Å². The topological polar surface area (TPSA) is 78.9 Å². The molecule has 1 unspecified atom stereocenters. The molecule has 0 aromatic carbocycles. The van der Waals surface area contributed by atoms with Crippen LogP contribution < -0.4 is 0 Å². The Labute approximate surface area is 447 Å². The van der Waals surface area contributed by atoms with Gasteiger partial charge in [0.2, 0.25) is 0 Å². The zero-order valence-corrected chi connectivity index (χ0v) is 46.3. The first-order valence-electron chi connectivity index (χ1n) is 28.6. The molecule has 406 valence electrons. The molecule has 0 bridgehead atoms. The smallest absolute Gasteiger partial charge is 0.306 e. The molecule has 0 fully saturated rings. The molecule has 73 heavy (non-hydrogen) atoms. The van der Waals surface area contributed by atoms with Crippen LogP contribution in [0.4, 0.5) is 0 Å². The van der Waals surface area contributed by atoms with Crippen LogP contribution in [-0.4, -0.2) is 37.2 Å². The molecule has 0 radical (unpaired) electrons. The van der Waals surface area contributed by atoms with Gasteiger partial charge in [0.15, 0.2) is 6.10 Å². The van der Waals surface area contributed by atoms with E-state index in [1.807, 2.05) is 0 Å². The van der Waals surface area contributed by atoms with Crippen molar-refractivity contribution in [2.24, 2.45) is 0 Å². The van der Waals surface area contributed by atoms with Crippen LogP contribution in [0.3, 0.4) is 0 Å². The number of allylic oxidation sites excluding steroid dienone is 28. The van der Waals surface area contributed by atoms with Gasteiger partial charge in [-0.1, -0.05) is 242 Å². The molecule has 0 rings (SSSR count). The number of unbranched alkanes of at least 4 members (excludes halogenated alkanes) is 10. The molecule has 0 aromatic rings. The van der Waals surface area contributed by atoms with Gasteiger partial charge in [-0.15, -0.1) is 0 Å². The van der Waals surface area contributed by atoms with Gasteiger partial charge < -0.3 is 14.2 Å². The molecule has 0 saturated heterocycles. The van der Waals surface area contributed by atoms with Gasteiger partial charge >= 0.3 is 17.9 Å². The zero-order chi connectivity index (χ0) is 52.9. The fourth-order valence-electron chi connectivity index (χ4n) is 7.01. The summed E-state index contributed by atoms with van der Waals surface area (Å²) in [5.74, 6) is -1.06. The van der Waals surface area contributed by atoms with Crippen LogP contribution >= 0.6 is 0 Å². The summed E-state index contributed by atoms with van der Waals surface area (Å²) >= 11 is 0. The fourth-order valence-corrected chi connectivity index (χ4v) is 7.01. The monoisotopic (exact) mass is 1000 g/mol. The molecule has 6 heteroatoms. The van der Waals surface area contributed by atoms with E-state index in [0.717, 1.165) is 122 Å². The van der Waals surface area contributed by atoms with Crippen molar-refractivity contribution in [3.8, 4) is 0 Å². The van der Waals surface area contributed by atoms with Gasteiger partial charge in [0, 0.05) is 19.3 Å². The molecule has 0 heterocycles. The summed E-state index contributed by atoms with van der Waals surface area (Å²) in [6, 6.07) is 0. The van der Waals surface area contributed by atoms with Crippen LogP contribution in [0.15, 0.2) is 170 Å². The van der Waals surface area contributed by atoms with Crippen LogP contribution in [0.5, 0.6) is 0 Å². The van der Waals surface area contributed by atoms with Crippen molar-refractivity contribution in [3.05, 3.63) is 170 Å².